The van der Waals surface area contributed by atoms with Crippen molar-refractivity contribution >= 4 is 17.4 Å². The Labute approximate surface area is 110 Å². The Kier molecular flexibility index (Phi) is 3.97. The molecule has 0 aliphatic heterocycles. The Balaban J connectivity index is 1.77. The van der Waals surface area contributed by atoms with Crippen LogP contribution in [0.15, 0.2) is 30.6 Å². The minimum absolute atomic E-state index is 0.271. The van der Waals surface area contributed by atoms with E-state index in [-0.39, 0.29) is 6.03 Å². The number of amides is 2. The number of urea groups is 1. The van der Waals surface area contributed by atoms with Crippen molar-refractivity contribution in [2.45, 2.75) is 6.42 Å². The van der Waals surface area contributed by atoms with Crippen molar-refractivity contribution in [3.05, 3.63) is 36.4 Å². The zero-order valence-electron chi connectivity index (χ0n) is 10.6. The summed E-state index contributed by atoms with van der Waals surface area (Å²) in [6.45, 7) is 0.487. The Hall–Kier alpha value is -2.57. The number of aromatic nitrogens is 3. The molecule has 0 bridgehead atoms. The quantitative estimate of drug-likeness (QED) is 0.707. The maximum Gasteiger partial charge on any atom is 0.319 e. The Morgan fingerprint density at radius 2 is 2.32 bits per heavy atom. The smallest absolute Gasteiger partial charge is 0.319 e. The fourth-order valence-electron chi connectivity index (χ4n) is 1.61. The van der Waals surface area contributed by atoms with E-state index >= 15 is 0 Å². The first-order valence-corrected chi connectivity index (χ1v) is 5.88. The third-order valence-corrected chi connectivity index (χ3v) is 2.58. The van der Waals surface area contributed by atoms with Gasteiger partial charge in [-0.3, -0.25) is 0 Å². The largest absolute Gasteiger partial charge is 0.399 e. The lowest BCUT2D eigenvalue weighted by Crippen LogP contribution is -2.30. The topological polar surface area (TPSA) is 97.9 Å². The third kappa shape index (κ3) is 3.70. The van der Waals surface area contributed by atoms with Gasteiger partial charge in [-0.1, -0.05) is 6.07 Å². The number of nitrogens with two attached hydrogens (primary N) is 1. The molecule has 0 unspecified atom stereocenters. The molecule has 0 atom stereocenters. The minimum atomic E-state index is -0.271. The van der Waals surface area contributed by atoms with Crippen LogP contribution in [-0.2, 0) is 13.5 Å². The molecule has 0 saturated carbocycles. The van der Waals surface area contributed by atoms with Crippen LogP contribution in [0.25, 0.3) is 0 Å². The molecule has 1 heterocycles. The predicted octanol–water partition coefficient (Wildman–Crippen LogP) is 0.761. The van der Waals surface area contributed by atoms with Crippen LogP contribution in [0.2, 0.25) is 0 Å². The Morgan fingerprint density at radius 1 is 1.47 bits per heavy atom. The van der Waals surface area contributed by atoms with E-state index in [0.717, 1.165) is 5.82 Å². The molecule has 0 fully saturated rings. The highest BCUT2D eigenvalue weighted by Gasteiger charge is 2.03. The molecule has 0 aliphatic rings. The normalized spacial score (nSPS) is 10.2. The highest BCUT2D eigenvalue weighted by atomic mass is 16.2. The van der Waals surface area contributed by atoms with Gasteiger partial charge in [-0.25, -0.2) is 4.79 Å². The molecule has 0 aliphatic carbocycles. The summed E-state index contributed by atoms with van der Waals surface area (Å²) in [5.41, 5.74) is 6.90. The number of aryl methyl sites for hydroxylation is 1. The van der Waals surface area contributed by atoms with E-state index in [1.165, 1.54) is 0 Å². The van der Waals surface area contributed by atoms with Crippen LogP contribution in [-0.4, -0.2) is 27.3 Å². The van der Waals surface area contributed by atoms with Crippen molar-refractivity contribution in [3.63, 3.8) is 0 Å². The molecule has 2 rings (SSSR count). The van der Waals surface area contributed by atoms with E-state index in [2.05, 4.69) is 20.8 Å². The van der Waals surface area contributed by atoms with Crippen LogP contribution in [0.5, 0.6) is 0 Å². The van der Waals surface area contributed by atoms with E-state index in [1.807, 2.05) is 11.6 Å². The average molecular weight is 260 g/mol. The van der Waals surface area contributed by atoms with Gasteiger partial charge in [0.05, 0.1) is 0 Å². The number of nitrogens with one attached hydrogen (secondary N) is 2. The number of rotatable bonds is 4. The zero-order valence-corrected chi connectivity index (χ0v) is 10.6. The summed E-state index contributed by atoms with van der Waals surface area (Å²) in [4.78, 5) is 11.6. The van der Waals surface area contributed by atoms with Crippen LogP contribution < -0.4 is 16.4 Å². The number of carbonyl (C=O) groups is 1. The lowest BCUT2D eigenvalue weighted by atomic mass is 10.3. The molecular formula is C12H16N6O. The second-order valence-corrected chi connectivity index (χ2v) is 4.11. The molecular weight excluding hydrogens is 244 g/mol. The predicted molar refractivity (Wildman–Crippen MR) is 72.6 cm³/mol. The molecule has 1 aromatic heterocycles. The van der Waals surface area contributed by atoms with Crippen molar-refractivity contribution in [3.8, 4) is 0 Å². The van der Waals surface area contributed by atoms with Gasteiger partial charge in [-0.15, -0.1) is 10.2 Å². The summed E-state index contributed by atoms with van der Waals surface area (Å²) in [6, 6.07) is 6.75. The number of carbonyl (C=O) groups excluding carboxylic acids is 1. The number of nitrogens with zero attached hydrogens (tertiary/aromatic N) is 3. The Morgan fingerprint density at radius 3 is 3.00 bits per heavy atom. The van der Waals surface area contributed by atoms with Gasteiger partial charge in [0.2, 0.25) is 0 Å². The van der Waals surface area contributed by atoms with Gasteiger partial charge in [-0.2, -0.15) is 0 Å². The van der Waals surface area contributed by atoms with E-state index in [0.29, 0.717) is 24.3 Å². The molecule has 7 heteroatoms. The second kappa shape index (κ2) is 5.85. The van der Waals surface area contributed by atoms with Crippen molar-refractivity contribution in [1.82, 2.24) is 20.1 Å². The third-order valence-electron chi connectivity index (χ3n) is 2.58. The van der Waals surface area contributed by atoms with Gasteiger partial charge < -0.3 is 20.9 Å². The van der Waals surface area contributed by atoms with Crippen LogP contribution in [0.4, 0.5) is 16.2 Å². The molecule has 1 aromatic carbocycles. The van der Waals surface area contributed by atoms with Crippen molar-refractivity contribution < 1.29 is 4.79 Å². The van der Waals surface area contributed by atoms with E-state index < -0.39 is 0 Å². The number of benzene rings is 1. The highest BCUT2D eigenvalue weighted by Crippen LogP contribution is 2.11. The average Bonchev–Trinajstić information content (AvgIpc) is 2.75. The lowest BCUT2D eigenvalue weighted by Gasteiger charge is -2.07. The summed E-state index contributed by atoms with van der Waals surface area (Å²) in [5, 5.41) is 13.1. The van der Waals surface area contributed by atoms with Crippen molar-refractivity contribution in [2.75, 3.05) is 17.6 Å². The van der Waals surface area contributed by atoms with E-state index in [1.54, 1.807) is 30.6 Å². The van der Waals surface area contributed by atoms with Gasteiger partial charge in [0.25, 0.3) is 0 Å². The highest BCUT2D eigenvalue weighted by molar-refractivity contribution is 5.89. The summed E-state index contributed by atoms with van der Waals surface area (Å²) >= 11 is 0. The number of hydrogen-bond acceptors (Lipinski definition) is 4. The standard InChI is InChI=1S/C12H16N6O/c1-18-8-15-17-11(18)5-6-14-12(19)16-10-4-2-3-9(13)7-10/h2-4,7-8H,5-6,13H2,1H3,(H2,14,16,19). The number of anilines is 2. The molecule has 19 heavy (non-hydrogen) atoms. The molecule has 2 aromatic rings. The minimum Gasteiger partial charge on any atom is -0.399 e. The number of nitrogen functional groups attached to an aromatic ring is 1. The lowest BCUT2D eigenvalue weighted by molar-refractivity contribution is 0.252. The first-order chi connectivity index (χ1) is 9.15. The molecule has 100 valence electrons. The van der Waals surface area contributed by atoms with Gasteiger partial charge in [0.15, 0.2) is 0 Å². The van der Waals surface area contributed by atoms with Crippen molar-refractivity contribution in [2.24, 2.45) is 7.05 Å². The fourth-order valence-corrected chi connectivity index (χ4v) is 1.61. The van der Waals surface area contributed by atoms with E-state index in [4.69, 9.17) is 5.73 Å². The first-order valence-electron chi connectivity index (χ1n) is 5.88. The molecule has 0 spiro atoms. The van der Waals surface area contributed by atoms with E-state index in [9.17, 15) is 4.79 Å². The Bertz CT molecular complexity index is 565. The molecule has 0 saturated heterocycles. The van der Waals surface area contributed by atoms with Crippen LogP contribution in [0.3, 0.4) is 0 Å². The second-order valence-electron chi connectivity index (χ2n) is 4.11. The fraction of sp³-hybridized carbons (Fsp3) is 0.250. The van der Waals surface area contributed by atoms with Gasteiger partial charge in [0, 0.05) is 31.4 Å². The SMILES string of the molecule is Cn1cnnc1CCNC(=O)Nc1cccc(N)c1. The molecule has 2 amide bonds. The maximum absolute atomic E-state index is 11.6. The summed E-state index contributed by atoms with van der Waals surface area (Å²) in [5.74, 6) is 0.823. The maximum atomic E-state index is 11.6. The summed E-state index contributed by atoms with van der Waals surface area (Å²) in [7, 11) is 1.86. The van der Waals surface area contributed by atoms with Gasteiger partial charge in [-0.05, 0) is 18.2 Å². The first kappa shape index (κ1) is 12.9. The monoisotopic (exact) mass is 260 g/mol. The molecule has 4 N–H and O–H groups in total. The molecule has 0 radical (unpaired) electrons. The summed E-state index contributed by atoms with van der Waals surface area (Å²) < 4.78 is 1.82. The van der Waals surface area contributed by atoms with Gasteiger partial charge in [0.1, 0.15) is 12.2 Å². The zero-order chi connectivity index (χ0) is 13.7. The van der Waals surface area contributed by atoms with Crippen molar-refractivity contribution in [1.29, 1.82) is 0 Å². The molecule has 7 nitrogen and oxygen atoms in total. The summed E-state index contributed by atoms with van der Waals surface area (Å²) in [6.07, 6.45) is 2.25. The van der Waals surface area contributed by atoms with Gasteiger partial charge >= 0.3 is 6.03 Å². The van der Waals surface area contributed by atoms with Crippen LogP contribution in [0, 0.1) is 0 Å². The van der Waals surface area contributed by atoms with Crippen LogP contribution in [0.1, 0.15) is 5.82 Å². The van der Waals surface area contributed by atoms with Crippen LogP contribution >= 0.6 is 0 Å². The number of hydrogen-bond donors (Lipinski definition) is 3.